The van der Waals surface area contributed by atoms with Crippen molar-refractivity contribution in [2.45, 2.75) is 38.9 Å². The molecule has 3 heteroatoms. The van der Waals surface area contributed by atoms with Crippen molar-refractivity contribution in [2.24, 2.45) is 0 Å². The molecule has 0 aliphatic heterocycles. The van der Waals surface area contributed by atoms with Crippen molar-refractivity contribution in [1.29, 1.82) is 0 Å². The van der Waals surface area contributed by atoms with E-state index in [0.29, 0.717) is 13.2 Å². The maximum absolute atomic E-state index is 5.88. The van der Waals surface area contributed by atoms with Crippen LogP contribution in [0.15, 0.2) is 11.4 Å². The summed E-state index contributed by atoms with van der Waals surface area (Å²) < 4.78 is 11.8. The normalized spacial score (nSPS) is 18.8. The van der Waals surface area contributed by atoms with Crippen LogP contribution in [0.3, 0.4) is 0 Å². The highest BCUT2D eigenvalue weighted by Gasteiger charge is 2.38. The molecule has 0 saturated heterocycles. The molecule has 1 aliphatic carbocycles. The third-order valence-electron chi connectivity index (χ3n) is 2.82. The Morgan fingerprint density at radius 3 is 2.73 bits per heavy atom. The van der Waals surface area contributed by atoms with Gasteiger partial charge in [-0.3, -0.25) is 0 Å². The van der Waals surface area contributed by atoms with Crippen LogP contribution in [0.2, 0.25) is 0 Å². The Bertz CT molecular complexity index is 313. The Balaban J connectivity index is 2.33. The number of thiophene rings is 1. The summed E-state index contributed by atoms with van der Waals surface area (Å²) in [6.45, 7) is 5.47. The standard InChI is InChI=1S/C12H18O2S/c1-3-13-12(14-4-2)8-5-6-11-10(12)7-9-15-11/h7,9H,3-6,8H2,1-2H3. The molecule has 0 saturated carbocycles. The van der Waals surface area contributed by atoms with Crippen molar-refractivity contribution in [1.82, 2.24) is 0 Å². The van der Waals surface area contributed by atoms with Crippen LogP contribution in [0.1, 0.15) is 37.1 Å². The van der Waals surface area contributed by atoms with Gasteiger partial charge in [0.15, 0.2) is 5.79 Å². The van der Waals surface area contributed by atoms with Crippen molar-refractivity contribution in [3.8, 4) is 0 Å². The molecule has 0 aromatic carbocycles. The molecule has 15 heavy (non-hydrogen) atoms. The summed E-state index contributed by atoms with van der Waals surface area (Å²) in [5.41, 5.74) is 1.27. The summed E-state index contributed by atoms with van der Waals surface area (Å²) in [7, 11) is 0. The Labute approximate surface area is 95.2 Å². The van der Waals surface area contributed by atoms with Crippen molar-refractivity contribution >= 4 is 11.3 Å². The largest absolute Gasteiger partial charge is 0.346 e. The molecule has 0 radical (unpaired) electrons. The average Bonchev–Trinajstić information content (AvgIpc) is 2.68. The van der Waals surface area contributed by atoms with Gasteiger partial charge in [0.05, 0.1) is 0 Å². The van der Waals surface area contributed by atoms with Gasteiger partial charge in [-0.1, -0.05) is 0 Å². The molecular formula is C12H18O2S. The zero-order chi connectivity index (χ0) is 10.7. The van der Waals surface area contributed by atoms with Crippen LogP contribution in [-0.4, -0.2) is 13.2 Å². The van der Waals surface area contributed by atoms with E-state index in [1.807, 2.05) is 25.2 Å². The molecule has 0 atom stereocenters. The van der Waals surface area contributed by atoms with Gasteiger partial charge in [0, 0.05) is 30.1 Å². The second kappa shape index (κ2) is 4.64. The van der Waals surface area contributed by atoms with Gasteiger partial charge in [-0.25, -0.2) is 0 Å². The molecule has 1 aromatic rings. The van der Waals surface area contributed by atoms with E-state index in [0.717, 1.165) is 12.8 Å². The van der Waals surface area contributed by atoms with Gasteiger partial charge in [0.2, 0.25) is 0 Å². The zero-order valence-corrected chi connectivity index (χ0v) is 10.2. The quantitative estimate of drug-likeness (QED) is 0.733. The number of rotatable bonds is 4. The predicted octanol–water partition coefficient (Wildman–Crippen LogP) is 3.31. The van der Waals surface area contributed by atoms with Gasteiger partial charge in [0.25, 0.3) is 0 Å². The average molecular weight is 226 g/mol. The van der Waals surface area contributed by atoms with Crippen molar-refractivity contribution in [3.63, 3.8) is 0 Å². The molecule has 1 aromatic heterocycles. The second-order valence-electron chi connectivity index (χ2n) is 3.73. The molecule has 84 valence electrons. The lowest BCUT2D eigenvalue weighted by Crippen LogP contribution is -2.36. The maximum Gasteiger partial charge on any atom is 0.195 e. The zero-order valence-electron chi connectivity index (χ0n) is 9.41. The topological polar surface area (TPSA) is 18.5 Å². The molecule has 0 N–H and O–H groups in total. The summed E-state index contributed by atoms with van der Waals surface area (Å²) in [5, 5.41) is 2.14. The monoisotopic (exact) mass is 226 g/mol. The first-order valence-corrected chi connectivity index (χ1v) is 6.55. The lowest BCUT2D eigenvalue weighted by atomic mass is 9.92. The fraction of sp³-hybridized carbons (Fsp3) is 0.667. The van der Waals surface area contributed by atoms with Crippen LogP contribution < -0.4 is 0 Å². The van der Waals surface area contributed by atoms with E-state index in [-0.39, 0.29) is 0 Å². The highest BCUT2D eigenvalue weighted by molar-refractivity contribution is 7.10. The van der Waals surface area contributed by atoms with Crippen LogP contribution in [0.5, 0.6) is 0 Å². The Morgan fingerprint density at radius 1 is 1.33 bits per heavy atom. The van der Waals surface area contributed by atoms with Crippen LogP contribution in [0.25, 0.3) is 0 Å². The van der Waals surface area contributed by atoms with Gasteiger partial charge >= 0.3 is 0 Å². The van der Waals surface area contributed by atoms with Crippen LogP contribution in [-0.2, 0) is 21.7 Å². The molecule has 0 unspecified atom stereocenters. The van der Waals surface area contributed by atoms with E-state index in [4.69, 9.17) is 9.47 Å². The molecule has 0 fully saturated rings. The summed E-state index contributed by atoms with van der Waals surface area (Å²) in [4.78, 5) is 1.43. The molecule has 2 nitrogen and oxygen atoms in total. The number of ether oxygens (including phenoxy) is 2. The molecule has 0 spiro atoms. The lowest BCUT2D eigenvalue weighted by molar-refractivity contribution is -0.249. The first-order valence-electron chi connectivity index (χ1n) is 5.67. The molecule has 0 amide bonds. The SMILES string of the molecule is CCOC1(OCC)CCCc2sccc21. The summed E-state index contributed by atoms with van der Waals surface area (Å²) in [6.07, 6.45) is 3.32. The summed E-state index contributed by atoms with van der Waals surface area (Å²) in [6, 6.07) is 2.16. The van der Waals surface area contributed by atoms with E-state index in [2.05, 4.69) is 11.4 Å². The third-order valence-corrected chi connectivity index (χ3v) is 3.80. The minimum Gasteiger partial charge on any atom is -0.346 e. The first-order chi connectivity index (χ1) is 7.32. The van der Waals surface area contributed by atoms with E-state index in [1.54, 1.807) is 0 Å². The summed E-state index contributed by atoms with van der Waals surface area (Å²) >= 11 is 1.82. The van der Waals surface area contributed by atoms with Crippen molar-refractivity contribution in [2.75, 3.05) is 13.2 Å². The van der Waals surface area contributed by atoms with E-state index < -0.39 is 5.79 Å². The number of fused-ring (bicyclic) bond motifs is 1. The van der Waals surface area contributed by atoms with Gasteiger partial charge in [-0.2, -0.15) is 0 Å². The minimum absolute atomic E-state index is 0.447. The first kappa shape index (κ1) is 11.1. The molecular weight excluding hydrogens is 208 g/mol. The van der Waals surface area contributed by atoms with Gasteiger partial charge < -0.3 is 9.47 Å². The predicted molar refractivity (Wildman–Crippen MR) is 62.2 cm³/mol. The highest BCUT2D eigenvalue weighted by atomic mass is 32.1. The van der Waals surface area contributed by atoms with Crippen LogP contribution in [0, 0.1) is 0 Å². The Kier molecular flexibility index (Phi) is 3.44. The number of hydrogen-bond acceptors (Lipinski definition) is 3. The molecule has 0 bridgehead atoms. The van der Waals surface area contributed by atoms with E-state index >= 15 is 0 Å². The van der Waals surface area contributed by atoms with E-state index in [9.17, 15) is 0 Å². The smallest absolute Gasteiger partial charge is 0.195 e. The second-order valence-corrected chi connectivity index (χ2v) is 4.73. The van der Waals surface area contributed by atoms with Gasteiger partial charge in [-0.05, 0) is 38.1 Å². The lowest BCUT2D eigenvalue weighted by Gasteiger charge is -2.36. The molecule has 2 rings (SSSR count). The van der Waals surface area contributed by atoms with Gasteiger partial charge in [-0.15, -0.1) is 11.3 Å². The van der Waals surface area contributed by atoms with E-state index in [1.165, 1.54) is 16.9 Å². The Morgan fingerprint density at radius 2 is 2.07 bits per heavy atom. The van der Waals surface area contributed by atoms with Crippen LogP contribution in [0.4, 0.5) is 0 Å². The summed E-state index contributed by atoms with van der Waals surface area (Å²) in [5.74, 6) is -0.447. The number of aryl methyl sites for hydroxylation is 1. The highest BCUT2D eigenvalue weighted by Crippen LogP contribution is 2.41. The van der Waals surface area contributed by atoms with Gasteiger partial charge in [0.1, 0.15) is 0 Å². The molecule has 1 aliphatic rings. The number of hydrogen-bond donors (Lipinski definition) is 0. The Hall–Kier alpha value is -0.380. The third kappa shape index (κ3) is 1.96. The maximum atomic E-state index is 5.88. The molecule has 1 heterocycles. The van der Waals surface area contributed by atoms with Crippen molar-refractivity contribution in [3.05, 3.63) is 21.9 Å². The minimum atomic E-state index is -0.447. The van der Waals surface area contributed by atoms with Crippen LogP contribution >= 0.6 is 11.3 Å². The fourth-order valence-electron chi connectivity index (χ4n) is 2.30. The fourth-order valence-corrected chi connectivity index (χ4v) is 3.28. The van der Waals surface area contributed by atoms with Crippen molar-refractivity contribution < 1.29 is 9.47 Å².